The van der Waals surface area contributed by atoms with Gasteiger partial charge >= 0.3 is 0 Å². The van der Waals surface area contributed by atoms with Crippen LogP contribution in [0.25, 0.3) is 0 Å². The number of aliphatic hydroxyl groups is 1. The van der Waals surface area contributed by atoms with E-state index in [0.29, 0.717) is 18.6 Å². The first-order valence-electron chi connectivity index (χ1n) is 12.8. The van der Waals surface area contributed by atoms with Crippen LogP contribution in [0.3, 0.4) is 0 Å². The summed E-state index contributed by atoms with van der Waals surface area (Å²) in [5, 5.41) is 23.2. The van der Waals surface area contributed by atoms with Crippen LogP contribution in [0.15, 0.2) is 24.3 Å². The molecule has 2 aliphatic heterocycles. The van der Waals surface area contributed by atoms with Gasteiger partial charge in [0.25, 0.3) is 0 Å². The predicted octanol–water partition coefficient (Wildman–Crippen LogP) is 3.14. The summed E-state index contributed by atoms with van der Waals surface area (Å²) >= 11 is 0. The van der Waals surface area contributed by atoms with Crippen molar-refractivity contribution in [3.05, 3.63) is 35.4 Å². The summed E-state index contributed by atoms with van der Waals surface area (Å²) in [5.74, 6) is 1.44. The second-order valence-corrected chi connectivity index (χ2v) is 11.0. The topological polar surface area (TPSA) is 73.2 Å². The fraction of sp³-hybridized carbons (Fsp3) is 0.667. The van der Waals surface area contributed by atoms with Crippen molar-refractivity contribution in [2.75, 3.05) is 20.1 Å². The molecule has 3 aliphatic carbocycles. The summed E-state index contributed by atoms with van der Waals surface area (Å²) in [4.78, 5) is 17.4. The van der Waals surface area contributed by atoms with E-state index in [-0.39, 0.29) is 29.8 Å². The van der Waals surface area contributed by atoms with Crippen molar-refractivity contribution in [2.24, 2.45) is 5.92 Å². The van der Waals surface area contributed by atoms with Gasteiger partial charge in [0.1, 0.15) is 6.10 Å². The highest BCUT2D eigenvalue weighted by atomic mass is 16.5. The minimum absolute atomic E-state index is 0.0159. The minimum atomic E-state index is -0.907. The number of phenols is 1. The summed E-state index contributed by atoms with van der Waals surface area (Å²) < 4.78 is 6.57. The number of hydrogen-bond acceptors (Lipinski definition) is 5. The normalized spacial score (nSPS) is 36.5. The predicted molar refractivity (Wildman–Crippen MR) is 125 cm³/mol. The van der Waals surface area contributed by atoms with Gasteiger partial charge in [0.05, 0.1) is 17.1 Å². The van der Waals surface area contributed by atoms with Crippen molar-refractivity contribution in [1.29, 1.82) is 0 Å². The van der Waals surface area contributed by atoms with Gasteiger partial charge in [-0.1, -0.05) is 25.5 Å². The van der Waals surface area contributed by atoms with Crippen molar-refractivity contribution in [3.63, 3.8) is 0 Å². The van der Waals surface area contributed by atoms with E-state index in [2.05, 4.69) is 11.8 Å². The van der Waals surface area contributed by atoms with Crippen LogP contribution >= 0.6 is 0 Å². The molecule has 2 saturated carbocycles. The van der Waals surface area contributed by atoms with Gasteiger partial charge in [0.2, 0.25) is 5.91 Å². The molecule has 6 heteroatoms. The highest BCUT2D eigenvalue weighted by Gasteiger charge is 2.73. The number of unbranched alkanes of at least 4 members (excludes halogenated alkanes) is 1. The van der Waals surface area contributed by atoms with Crippen molar-refractivity contribution in [3.8, 4) is 11.5 Å². The number of aromatic hydroxyl groups is 1. The van der Waals surface area contributed by atoms with Gasteiger partial charge in [0, 0.05) is 25.2 Å². The Morgan fingerprint density at radius 3 is 2.88 bits per heavy atom. The van der Waals surface area contributed by atoms with E-state index in [1.807, 2.05) is 24.1 Å². The third-order valence-electron chi connectivity index (χ3n) is 9.29. The third-order valence-corrected chi connectivity index (χ3v) is 9.29. The van der Waals surface area contributed by atoms with Crippen molar-refractivity contribution < 1.29 is 19.7 Å². The van der Waals surface area contributed by atoms with E-state index in [9.17, 15) is 15.0 Å². The fourth-order valence-corrected chi connectivity index (χ4v) is 7.48. The molecule has 178 valence electrons. The lowest BCUT2D eigenvalue weighted by molar-refractivity contribution is -0.200. The molecule has 1 aromatic carbocycles. The molecule has 0 radical (unpaired) electrons. The molecule has 1 amide bonds. The first-order chi connectivity index (χ1) is 15.9. The number of rotatable bonds is 6. The Labute approximate surface area is 196 Å². The zero-order valence-electron chi connectivity index (χ0n) is 19.8. The molecule has 1 aromatic rings. The van der Waals surface area contributed by atoms with Gasteiger partial charge < -0.3 is 19.8 Å². The van der Waals surface area contributed by atoms with Crippen molar-refractivity contribution in [2.45, 2.75) is 87.5 Å². The van der Waals surface area contributed by atoms with E-state index in [1.54, 1.807) is 12.1 Å². The Balaban J connectivity index is 1.42. The molecule has 0 aromatic heterocycles. The first-order valence-corrected chi connectivity index (χ1v) is 12.8. The van der Waals surface area contributed by atoms with Crippen LogP contribution in [0.1, 0.15) is 63.0 Å². The van der Waals surface area contributed by atoms with E-state index in [4.69, 9.17) is 4.74 Å². The molecule has 0 unspecified atom stereocenters. The Hall–Kier alpha value is -2.05. The molecule has 5 aliphatic rings. The molecule has 1 spiro atoms. The zero-order chi connectivity index (χ0) is 23.0. The second kappa shape index (κ2) is 7.47. The third kappa shape index (κ3) is 2.89. The summed E-state index contributed by atoms with van der Waals surface area (Å²) in [6.07, 6.45) is 10.7. The number of benzene rings is 1. The lowest BCUT2D eigenvalue weighted by Crippen LogP contribution is -2.78. The van der Waals surface area contributed by atoms with Gasteiger partial charge in [-0.3, -0.25) is 9.69 Å². The largest absolute Gasteiger partial charge is 0.504 e. The van der Waals surface area contributed by atoms with Gasteiger partial charge in [-0.2, -0.15) is 0 Å². The van der Waals surface area contributed by atoms with E-state index < -0.39 is 11.0 Å². The van der Waals surface area contributed by atoms with Crippen LogP contribution < -0.4 is 4.74 Å². The summed E-state index contributed by atoms with van der Waals surface area (Å²) in [6.45, 7) is 4.10. The molecular weight excluding hydrogens is 416 g/mol. The molecule has 33 heavy (non-hydrogen) atoms. The van der Waals surface area contributed by atoms with Crippen LogP contribution in [0.5, 0.6) is 11.5 Å². The average Bonchev–Trinajstić information content (AvgIpc) is 3.54. The summed E-state index contributed by atoms with van der Waals surface area (Å²) in [5.41, 5.74) is 0.724. The zero-order valence-corrected chi connectivity index (χ0v) is 19.8. The van der Waals surface area contributed by atoms with Gasteiger partial charge in [-0.25, -0.2) is 0 Å². The van der Waals surface area contributed by atoms with E-state index in [1.165, 1.54) is 18.4 Å². The lowest BCUT2D eigenvalue weighted by atomic mass is 9.48. The van der Waals surface area contributed by atoms with E-state index in [0.717, 1.165) is 50.3 Å². The maximum atomic E-state index is 13.0. The number of amides is 1. The maximum absolute atomic E-state index is 13.0. The van der Waals surface area contributed by atoms with Crippen molar-refractivity contribution >= 4 is 5.91 Å². The van der Waals surface area contributed by atoms with E-state index >= 15 is 0 Å². The molecule has 5 atom stereocenters. The number of likely N-dealkylation sites (N-methyl/N-ethyl adjacent to an activating group) is 1. The number of nitrogens with zero attached hydrogens (tertiary/aromatic N) is 2. The van der Waals surface area contributed by atoms with Crippen LogP contribution in [-0.2, 0) is 16.6 Å². The van der Waals surface area contributed by atoms with Crippen molar-refractivity contribution in [1.82, 2.24) is 9.80 Å². The molecule has 2 N–H and O–H groups in total. The minimum Gasteiger partial charge on any atom is -0.504 e. The monoisotopic (exact) mass is 452 g/mol. The highest BCUT2D eigenvalue weighted by Crippen LogP contribution is 2.66. The Kier molecular flexibility index (Phi) is 4.87. The van der Waals surface area contributed by atoms with Crippen LogP contribution in [0, 0.1) is 5.92 Å². The summed E-state index contributed by atoms with van der Waals surface area (Å²) in [6, 6.07) is 3.69. The van der Waals surface area contributed by atoms with Crippen LogP contribution in [-0.4, -0.2) is 69.8 Å². The number of piperidine rings is 1. The van der Waals surface area contributed by atoms with Gasteiger partial charge in [-0.15, -0.1) is 0 Å². The van der Waals surface area contributed by atoms with Crippen LogP contribution in [0.2, 0.25) is 0 Å². The number of hydrogen-bond donors (Lipinski definition) is 2. The van der Waals surface area contributed by atoms with Gasteiger partial charge in [0.15, 0.2) is 11.5 Å². The number of likely N-dealkylation sites (tertiary alicyclic amines) is 1. The maximum Gasteiger partial charge on any atom is 0.246 e. The molecule has 3 fully saturated rings. The average molecular weight is 453 g/mol. The molecule has 1 saturated heterocycles. The second-order valence-electron chi connectivity index (χ2n) is 11.0. The highest BCUT2D eigenvalue weighted by molar-refractivity contribution is 5.87. The van der Waals surface area contributed by atoms with Crippen LogP contribution in [0.4, 0.5) is 0 Å². The Morgan fingerprint density at radius 2 is 2.12 bits per heavy atom. The standard InChI is InChI=1S/C27H36N2O4/c1-3-4-5-6-22(31)28(2)19-11-12-27(32)21-15-18-9-10-20(30)24-23(18)26(27,25(19)33-24)13-14-29(21)16-17-7-8-17/h5-6,9-10,17,19,21,25,30,32H,3-4,7-8,11-16H2,1-2H3/b6-5+/t19-,21+,25-,26-,27+/m0/s1. The Morgan fingerprint density at radius 1 is 1.30 bits per heavy atom. The fourth-order valence-electron chi connectivity index (χ4n) is 7.48. The Bertz CT molecular complexity index is 1000. The molecule has 6 rings (SSSR count). The summed E-state index contributed by atoms with van der Waals surface area (Å²) in [7, 11) is 1.86. The molecular formula is C27H36N2O4. The number of ether oxygens (including phenoxy) is 1. The smallest absolute Gasteiger partial charge is 0.246 e. The molecule has 6 nitrogen and oxygen atoms in total. The SMILES string of the molecule is CCC/C=C/C(=O)N(C)[C@H]1CC[C@@]2(O)[C@H]3Cc4ccc(O)c5c4[C@@]2(CCN3CC2CC2)[C@H]1O5. The molecule has 2 bridgehead atoms. The number of carbonyl (C=O) groups excluding carboxylic acids is 1. The molecule has 2 heterocycles. The number of allylic oxidation sites excluding steroid dienone is 1. The first kappa shape index (κ1) is 21.5. The quantitative estimate of drug-likeness (QED) is 0.649. The number of carbonyl (C=O) groups is 1. The lowest BCUT2D eigenvalue weighted by Gasteiger charge is -2.64. The number of phenolic OH excluding ortho intramolecular Hbond substituents is 1. The van der Waals surface area contributed by atoms with Gasteiger partial charge in [-0.05, 0) is 75.1 Å².